The second-order valence-electron chi connectivity index (χ2n) is 5.20. The number of carbonyl (C=O) groups excluding carboxylic acids is 2. The second kappa shape index (κ2) is 7.69. The number of fused-ring (bicyclic) bond motifs is 1. The van der Waals surface area contributed by atoms with Crippen LogP contribution in [0.3, 0.4) is 0 Å². The van der Waals surface area contributed by atoms with Gasteiger partial charge in [-0.1, -0.05) is 38.9 Å². The van der Waals surface area contributed by atoms with Gasteiger partial charge in [0.05, 0.1) is 27.9 Å². The predicted octanol–water partition coefficient (Wildman–Crippen LogP) is 4.17. The fraction of sp³-hybridized carbons (Fsp3) is 0.118. The lowest BCUT2D eigenvalue weighted by Gasteiger charge is -2.04. The van der Waals surface area contributed by atoms with Crippen LogP contribution >= 0.6 is 38.9 Å². The summed E-state index contributed by atoms with van der Waals surface area (Å²) in [6.45, 7) is -0.0958. The number of esters is 1. The molecule has 3 rings (SSSR count). The van der Waals surface area contributed by atoms with Crippen molar-refractivity contribution in [2.75, 3.05) is 7.11 Å². The van der Waals surface area contributed by atoms with E-state index in [0.717, 1.165) is 26.8 Å². The fourth-order valence-corrected chi connectivity index (χ4v) is 4.12. The van der Waals surface area contributed by atoms with Crippen molar-refractivity contribution >= 4 is 61.0 Å². The molecule has 134 valence electrons. The number of halogens is 3. The summed E-state index contributed by atoms with van der Waals surface area (Å²) < 4.78 is 21.2. The summed E-state index contributed by atoms with van der Waals surface area (Å²) in [7, 11) is 1.29. The van der Waals surface area contributed by atoms with E-state index in [2.05, 4.69) is 20.9 Å². The van der Waals surface area contributed by atoms with Crippen LogP contribution in [-0.2, 0) is 16.1 Å². The molecule has 26 heavy (non-hydrogen) atoms. The number of hydrogen-bond acceptors (Lipinski definition) is 4. The number of ether oxygens (including phenoxy) is 1. The van der Waals surface area contributed by atoms with Gasteiger partial charge in [0.25, 0.3) is 5.91 Å². The number of methoxy groups -OCH3 is 1. The number of amides is 1. The third kappa shape index (κ3) is 3.87. The van der Waals surface area contributed by atoms with Crippen LogP contribution in [0.5, 0.6) is 0 Å². The Labute approximate surface area is 164 Å². The highest BCUT2D eigenvalue weighted by atomic mass is 79.9. The molecule has 1 amide bonds. The summed E-state index contributed by atoms with van der Waals surface area (Å²) in [5.41, 5.74) is 0.816. The molecular weight excluding hydrogens is 447 g/mol. The van der Waals surface area contributed by atoms with E-state index in [1.165, 1.54) is 24.5 Å². The summed E-state index contributed by atoms with van der Waals surface area (Å²) >= 11 is 10.6. The largest absolute Gasteiger partial charge is 0.468 e. The van der Waals surface area contributed by atoms with Gasteiger partial charge in [-0.25, -0.2) is 4.39 Å². The lowest BCUT2D eigenvalue weighted by Crippen LogP contribution is -2.22. The van der Waals surface area contributed by atoms with Gasteiger partial charge in [-0.3, -0.25) is 9.59 Å². The van der Waals surface area contributed by atoms with Crippen LogP contribution in [0.4, 0.5) is 4.39 Å². The number of carbonyl (C=O) groups is 2. The first-order valence-corrected chi connectivity index (χ1v) is 9.27. The van der Waals surface area contributed by atoms with Crippen molar-refractivity contribution in [3.05, 3.63) is 62.1 Å². The first kappa shape index (κ1) is 18.8. The zero-order valence-electron chi connectivity index (χ0n) is 13.3. The molecular formula is C17H11BrClFN2O3S. The average Bonchev–Trinajstić information content (AvgIpc) is 2.90. The number of benzene rings is 2. The Kier molecular flexibility index (Phi) is 5.55. The molecule has 0 fully saturated rings. The van der Waals surface area contributed by atoms with Gasteiger partial charge in [0.1, 0.15) is 12.4 Å². The molecule has 5 nitrogen and oxygen atoms in total. The van der Waals surface area contributed by atoms with E-state index in [9.17, 15) is 14.0 Å². The molecule has 0 radical (unpaired) electrons. The molecule has 3 aromatic rings. The monoisotopic (exact) mass is 456 g/mol. The van der Waals surface area contributed by atoms with Gasteiger partial charge >= 0.3 is 5.97 Å². The van der Waals surface area contributed by atoms with Crippen LogP contribution in [0.1, 0.15) is 10.4 Å². The van der Waals surface area contributed by atoms with E-state index < -0.39 is 17.7 Å². The minimum Gasteiger partial charge on any atom is -0.468 e. The van der Waals surface area contributed by atoms with Crippen molar-refractivity contribution < 1.29 is 18.7 Å². The molecule has 0 spiro atoms. The highest BCUT2D eigenvalue weighted by Crippen LogP contribution is 2.23. The summed E-state index contributed by atoms with van der Waals surface area (Å²) in [5, 5.41) is -0.0258. The molecule has 0 aliphatic heterocycles. The minimum absolute atomic E-state index is 0.0258. The summed E-state index contributed by atoms with van der Waals surface area (Å²) in [6.07, 6.45) is 0. The molecule has 0 aliphatic carbocycles. The van der Waals surface area contributed by atoms with Crippen molar-refractivity contribution in [1.29, 1.82) is 0 Å². The molecule has 0 bridgehead atoms. The fourth-order valence-electron chi connectivity index (χ4n) is 2.29. The molecule has 0 atom stereocenters. The quantitative estimate of drug-likeness (QED) is 0.555. The molecule has 0 N–H and O–H groups in total. The number of nitrogens with zero attached hydrogens (tertiary/aromatic N) is 2. The second-order valence-corrected chi connectivity index (χ2v) is 7.53. The summed E-state index contributed by atoms with van der Waals surface area (Å²) in [4.78, 5) is 28.6. The van der Waals surface area contributed by atoms with Crippen molar-refractivity contribution in [1.82, 2.24) is 4.57 Å². The lowest BCUT2D eigenvalue weighted by atomic mass is 10.2. The smallest absolute Gasteiger partial charge is 0.325 e. The Morgan fingerprint density at radius 3 is 2.77 bits per heavy atom. The maximum absolute atomic E-state index is 13.2. The van der Waals surface area contributed by atoms with E-state index in [4.69, 9.17) is 16.3 Å². The number of aromatic nitrogens is 1. The Morgan fingerprint density at radius 1 is 1.31 bits per heavy atom. The first-order valence-electron chi connectivity index (χ1n) is 7.29. The van der Waals surface area contributed by atoms with Gasteiger partial charge in [-0.2, -0.15) is 4.99 Å². The van der Waals surface area contributed by atoms with E-state index in [1.807, 2.05) is 18.2 Å². The van der Waals surface area contributed by atoms with Crippen LogP contribution in [-0.4, -0.2) is 23.6 Å². The highest BCUT2D eigenvalue weighted by Gasteiger charge is 2.14. The molecule has 2 aromatic carbocycles. The summed E-state index contributed by atoms with van der Waals surface area (Å²) in [6, 6.07) is 8.96. The Hall–Kier alpha value is -2.03. The van der Waals surface area contributed by atoms with Crippen molar-refractivity contribution in [3.8, 4) is 0 Å². The third-order valence-corrected chi connectivity index (χ3v) is 5.37. The van der Waals surface area contributed by atoms with E-state index in [1.54, 1.807) is 4.57 Å². The SMILES string of the molecule is COC(=O)Cn1c(=NC(=O)c2ccc(F)cc2Cl)sc2cc(Br)ccc21. The Balaban J connectivity index is 2.15. The number of hydrogen-bond donors (Lipinski definition) is 0. The number of thiazole rings is 1. The highest BCUT2D eigenvalue weighted by molar-refractivity contribution is 9.10. The van der Waals surface area contributed by atoms with Gasteiger partial charge in [-0.15, -0.1) is 0 Å². The van der Waals surface area contributed by atoms with Gasteiger partial charge < -0.3 is 9.30 Å². The van der Waals surface area contributed by atoms with E-state index in [-0.39, 0.29) is 17.1 Å². The molecule has 9 heteroatoms. The normalized spacial score (nSPS) is 11.8. The minimum atomic E-state index is -0.626. The van der Waals surface area contributed by atoms with Gasteiger partial charge in [0.15, 0.2) is 4.80 Å². The molecule has 1 aromatic heterocycles. The van der Waals surface area contributed by atoms with E-state index >= 15 is 0 Å². The van der Waals surface area contributed by atoms with Crippen LogP contribution in [0, 0.1) is 5.82 Å². The van der Waals surface area contributed by atoms with Crippen LogP contribution < -0.4 is 4.80 Å². The standard InChI is InChI=1S/C17H11BrClFN2O3S/c1-25-15(23)8-22-13-5-2-9(18)6-14(13)26-17(22)21-16(24)11-4-3-10(20)7-12(11)19/h2-7H,8H2,1H3. The molecule has 0 saturated heterocycles. The van der Waals surface area contributed by atoms with E-state index in [0.29, 0.717) is 4.80 Å². The maximum atomic E-state index is 13.2. The third-order valence-electron chi connectivity index (χ3n) is 3.52. The van der Waals surface area contributed by atoms with Gasteiger partial charge in [0, 0.05) is 4.47 Å². The van der Waals surface area contributed by atoms with Crippen LogP contribution in [0.2, 0.25) is 5.02 Å². The maximum Gasteiger partial charge on any atom is 0.325 e. The zero-order valence-corrected chi connectivity index (χ0v) is 16.5. The van der Waals surface area contributed by atoms with Crippen molar-refractivity contribution in [3.63, 3.8) is 0 Å². The molecule has 0 aliphatic rings. The molecule has 1 heterocycles. The topological polar surface area (TPSA) is 60.7 Å². The van der Waals surface area contributed by atoms with Crippen molar-refractivity contribution in [2.24, 2.45) is 4.99 Å². The Morgan fingerprint density at radius 2 is 2.08 bits per heavy atom. The average molecular weight is 458 g/mol. The first-order chi connectivity index (χ1) is 12.4. The van der Waals surface area contributed by atoms with Crippen LogP contribution in [0.25, 0.3) is 10.2 Å². The number of rotatable bonds is 3. The van der Waals surface area contributed by atoms with Gasteiger partial charge in [0.2, 0.25) is 0 Å². The summed E-state index contributed by atoms with van der Waals surface area (Å²) in [5.74, 6) is -1.64. The van der Waals surface area contributed by atoms with Gasteiger partial charge in [-0.05, 0) is 36.4 Å². The predicted molar refractivity (Wildman–Crippen MR) is 101 cm³/mol. The molecule has 0 saturated carbocycles. The van der Waals surface area contributed by atoms with Crippen molar-refractivity contribution in [2.45, 2.75) is 6.54 Å². The Bertz CT molecular complexity index is 1090. The zero-order chi connectivity index (χ0) is 18.8. The molecule has 0 unspecified atom stereocenters. The van der Waals surface area contributed by atoms with Crippen LogP contribution in [0.15, 0.2) is 45.9 Å². The lowest BCUT2D eigenvalue weighted by molar-refractivity contribution is -0.141.